The van der Waals surface area contributed by atoms with Gasteiger partial charge < -0.3 is 24.2 Å². The zero-order valence-corrected chi connectivity index (χ0v) is 18.9. The number of rotatable bonds is 10. The van der Waals surface area contributed by atoms with E-state index in [1.54, 1.807) is 21.0 Å². The van der Waals surface area contributed by atoms with Crippen molar-refractivity contribution >= 4 is 29.8 Å². The number of carboxylic acid groups (broad SMARTS) is 1. The van der Waals surface area contributed by atoms with E-state index in [1.165, 1.54) is 16.7 Å². The zero-order valence-electron chi connectivity index (χ0n) is 18.0. The highest BCUT2D eigenvalue weighted by molar-refractivity contribution is 7.99. The van der Waals surface area contributed by atoms with Crippen molar-refractivity contribution in [2.75, 3.05) is 31.8 Å². The van der Waals surface area contributed by atoms with Crippen LogP contribution in [0.4, 0.5) is 4.79 Å². The quantitative estimate of drug-likeness (QED) is 0.513. The Morgan fingerprint density at radius 1 is 1.32 bits per heavy atom. The minimum Gasteiger partial charge on any atom is -0.496 e. The van der Waals surface area contributed by atoms with E-state index < -0.39 is 30.4 Å². The Balaban J connectivity index is 2.07. The molecule has 1 saturated heterocycles. The molecule has 172 valence electrons. The van der Waals surface area contributed by atoms with Gasteiger partial charge >= 0.3 is 12.1 Å². The van der Waals surface area contributed by atoms with Gasteiger partial charge in [0.1, 0.15) is 11.8 Å². The van der Waals surface area contributed by atoms with Gasteiger partial charge in [0.15, 0.2) is 6.23 Å². The minimum absolute atomic E-state index is 0.228. The zero-order chi connectivity index (χ0) is 22.8. The number of nitrogens with zero attached hydrogens (tertiary/aromatic N) is 1. The lowest BCUT2D eigenvalue weighted by atomic mass is 10.0. The van der Waals surface area contributed by atoms with Crippen LogP contribution in [0.1, 0.15) is 25.8 Å². The van der Waals surface area contributed by atoms with E-state index in [0.717, 1.165) is 11.3 Å². The summed E-state index contributed by atoms with van der Waals surface area (Å²) in [6, 6.07) is 6.11. The Labute approximate surface area is 186 Å². The van der Waals surface area contributed by atoms with Gasteiger partial charge in [-0.3, -0.25) is 14.9 Å². The summed E-state index contributed by atoms with van der Waals surface area (Å²) in [6.07, 6.45) is -1.32. The first-order valence-corrected chi connectivity index (χ1v) is 11.3. The van der Waals surface area contributed by atoms with E-state index in [2.05, 4.69) is 5.32 Å². The molecule has 1 fully saturated rings. The number of nitrogens with one attached hydrogen (secondary N) is 1. The molecule has 0 radical (unpaired) electrons. The average molecular weight is 455 g/mol. The lowest BCUT2D eigenvalue weighted by molar-refractivity contribution is -0.147. The lowest BCUT2D eigenvalue weighted by Gasteiger charge is -2.36. The third kappa shape index (κ3) is 7.32. The van der Waals surface area contributed by atoms with Crippen LogP contribution in [0.5, 0.6) is 5.75 Å². The number of para-hydroxylation sites is 1. The molecule has 0 spiro atoms. The molecule has 31 heavy (non-hydrogen) atoms. The van der Waals surface area contributed by atoms with E-state index >= 15 is 0 Å². The number of carbonyl (C=O) groups excluding carboxylic acids is 2. The molecular weight excluding hydrogens is 424 g/mol. The molecule has 10 heteroatoms. The fourth-order valence-corrected chi connectivity index (χ4v) is 4.33. The largest absolute Gasteiger partial charge is 0.507 e. The van der Waals surface area contributed by atoms with E-state index in [1.807, 2.05) is 24.3 Å². The van der Waals surface area contributed by atoms with Crippen LogP contribution in [0.15, 0.2) is 24.3 Å². The number of ether oxygens (including phenoxy) is 3. The fraction of sp³-hybridized carbons (Fsp3) is 0.571. The number of esters is 1. The van der Waals surface area contributed by atoms with Crippen molar-refractivity contribution in [3.8, 4) is 5.75 Å². The summed E-state index contributed by atoms with van der Waals surface area (Å²) >= 11 is 1.52. The Kier molecular flexibility index (Phi) is 9.93. The minimum atomic E-state index is -1.42. The molecule has 1 aliphatic rings. The fourth-order valence-electron chi connectivity index (χ4n) is 3.39. The molecule has 1 aromatic rings. The summed E-state index contributed by atoms with van der Waals surface area (Å²) in [5, 5.41) is 12.0. The maximum atomic E-state index is 13.0. The second-order valence-corrected chi connectivity index (χ2v) is 8.14. The summed E-state index contributed by atoms with van der Waals surface area (Å²) in [6.45, 7) is 3.98. The number of aryl methyl sites for hydroxylation is 1. The number of thioether (sulfide) groups is 1. The third-order valence-electron chi connectivity index (χ3n) is 4.89. The molecule has 9 nitrogen and oxygen atoms in total. The van der Waals surface area contributed by atoms with Gasteiger partial charge in [-0.1, -0.05) is 18.2 Å². The van der Waals surface area contributed by atoms with E-state index in [0.29, 0.717) is 30.9 Å². The highest BCUT2D eigenvalue weighted by atomic mass is 32.2. The first-order chi connectivity index (χ1) is 14.9. The smallest absolute Gasteiger partial charge is 0.496 e. The molecule has 0 bridgehead atoms. The van der Waals surface area contributed by atoms with Gasteiger partial charge in [0, 0.05) is 12.3 Å². The predicted molar refractivity (Wildman–Crippen MR) is 116 cm³/mol. The Hall–Kier alpha value is -2.46. The van der Waals surface area contributed by atoms with Crippen LogP contribution >= 0.6 is 11.8 Å². The van der Waals surface area contributed by atoms with Crippen molar-refractivity contribution in [3.63, 3.8) is 0 Å². The van der Waals surface area contributed by atoms with Crippen LogP contribution in [0.2, 0.25) is 0 Å². The van der Waals surface area contributed by atoms with Crippen LogP contribution in [-0.4, -0.2) is 78.1 Å². The second-order valence-electron chi connectivity index (χ2n) is 6.99. The molecule has 1 heterocycles. The molecule has 1 aromatic carbocycles. The normalized spacial score (nSPS) is 18.0. The summed E-state index contributed by atoms with van der Waals surface area (Å²) in [7, 11) is 1.59. The van der Waals surface area contributed by atoms with Crippen molar-refractivity contribution in [2.45, 2.75) is 45.0 Å². The van der Waals surface area contributed by atoms with E-state index in [4.69, 9.17) is 19.3 Å². The summed E-state index contributed by atoms with van der Waals surface area (Å²) in [4.78, 5) is 37.9. The first kappa shape index (κ1) is 24.8. The number of hydrogen-bond donors (Lipinski definition) is 2. The van der Waals surface area contributed by atoms with Crippen molar-refractivity contribution < 1.29 is 33.7 Å². The van der Waals surface area contributed by atoms with Gasteiger partial charge in [-0.15, -0.1) is 0 Å². The number of amides is 1. The molecule has 2 rings (SSSR count). The van der Waals surface area contributed by atoms with Gasteiger partial charge in [-0.05, 0) is 38.3 Å². The van der Waals surface area contributed by atoms with Crippen LogP contribution < -0.4 is 10.1 Å². The average Bonchev–Trinajstić information content (AvgIpc) is 2.76. The number of carbonyl (C=O) groups is 3. The van der Waals surface area contributed by atoms with Gasteiger partial charge in [-0.2, -0.15) is 11.8 Å². The standard InChI is InChI=1S/C21H30N2O7S/c1-4-29-20(25)16(10-9-15-7-5-6-8-17(15)28-3)22-14(2)19(24)23-11-12-31-13-18(23)30-21(26)27/h5-8,14,16,18,22H,4,9-13H2,1-3H3,(H,26,27)/t14-,16?,18?/m0/s1. The SMILES string of the molecule is CCOC(=O)C(CCc1ccccc1OC)N[C@@H](C)C(=O)N1CCSCC1OC(=O)O. The highest BCUT2D eigenvalue weighted by Crippen LogP contribution is 2.21. The maximum absolute atomic E-state index is 13.0. The molecule has 3 atom stereocenters. The van der Waals surface area contributed by atoms with Crippen LogP contribution in [0.3, 0.4) is 0 Å². The lowest BCUT2D eigenvalue weighted by Crippen LogP contribution is -2.56. The molecule has 1 amide bonds. The first-order valence-electron chi connectivity index (χ1n) is 10.2. The van der Waals surface area contributed by atoms with Crippen LogP contribution in [0, 0.1) is 0 Å². The highest BCUT2D eigenvalue weighted by Gasteiger charge is 2.34. The monoisotopic (exact) mass is 454 g/mol. The molecule has 0 saturated carbocycles. The summed E-state index contributed by atoms with van der Waals surface area (Å²) in [5.74, 6) is 1.03. The number of hydrogen-bond acceptors (Lipinski definition) is 8. The maximum Gasteiger partial charge on any atom is 0.507 e. The molecular formula is C21H30N2O7S. The molecule has 2 N–H and O–H groups in total. The van der Waals surface area contributed by atoms with E-state index in [9.17, 15) is 14.4 Å². The second kappa shape index (κ2) is 12.4. The van der Waals surface area contributed by atoms with Crippen LogP contribution in [0.25, 0.3) is 0 Å². The van der Waals surface area contributed by atoms with Gasteiger partial charge in [-0.25, -0.2) is 4.79 Å². The Morgan fingerprint density at radius 3 is 2.74 bits per heavy atom. The topological polar surface area (TPSA) is 114 Å². The van der Waals surface area contributed by atoms with Gasteiger partial charge in [0.25, 0.3) is 0 Å². The summed E-state index contributed by atoms with van der Waals surface area (Å²) in [5.41, 5.74) is 0.947. The Bertz CT molecular complexity index is 761. The predicted octanol–water partition coefficient (Wildman–Crippen LogP) is 2.13. The molecule has 0 aromatic heterocycles. The van der Waals surface area contributed by atoms with Crippen molar-refractivity contribution in [1.82, 2.24) is 10.2 Å². The van der Waals surface area contributed by atoms with Gasteiger partial charge in [0.05, 0.1) is 25.5 Å². The van der Waals surface area contributed by atoms with E-state index in [-0.39, 0.29) is 12.5 Å². The molecule has 1 aliphatic heterocycles. The molecule has 2 unspecified atom stereocenters. The van der Waals surface area contributed by atoms with Gasteiger partial charge in [0.2, 0.25) is 5.91 Å². The Morgan fingerprint density at radius 2 is 2.06 bits per heavy atom. The third-order valence-corrected chi connectivity index (χ3v) is 5.88. The van der Waals surface area contributed by atoms with Crippen molar-refractivity contribution in [3.05, 3.63) is 29.8 Å². The molecule has 0 aliphatic carbocycles. The van der Waals surface area contributed by atoms with Crippen molar-refractivity contribution in [1.29, 1.82) is 0 Å². The number of methoxy groups -OCH3 is 1. The van der Waals surface area contributed by atoms with Crippen molar-refractivity contribution in [2.24, 2.45) is 0 Å². The number of benzene rings is 1. The van der Waals surface area contributed by atoms with Crippen LogP contribution in [-0.2, 0) is 25.5 Å². The summed E-state index contributed by atoms with van der Waals surface area (Å²) < 4.78 is 15.4.